The predicted octanol–water partition coefficient (Wildman–Crippen LogP) is 2.46. The van der Waals surface area contributed by atoms with Crippen LogP contribution in [0.1, 0.15) is 0 Å². The SMILES string of the molecule is Nc1ncc(OC(F)(F)F)c(F)c1Br. The van der Waals surface area contributed by atoms with Crippen LogP contribution in [-0.2, 0) is 0 Å². The molecule has 78 valence electrons. The lowest BCUT2D eigenvalue weighted by molar-refractivity contribution is -0.275. The molecular formula is C6H3BrF4N2O. The second-order valence-corrected chi connectivity index (χ2v) is 2.98. The van der Waals surface area contributed by atoms with Gasteiger partial charge in [0.05, 0.1) is 10.7 Å². The van der Waals surface area contributed by atoms with Gasteiger partial charge in [0.1, 0.15) is 5.82 Å². The van der Waals surface area contributed by atoms with E-state index in [1.54, 1.807) is 0 Å². The fourth-order valence-electron chi connectivity index (χ4n) is 0.658. The van der Waals surface area contributed by atoms with Gasteiger partial charge in [0.25, 0.3) is 0 Å². The summed E-state index contributed by atoms with van der Waals surface area (Å²) in [6.07, 6.45) is -4.40. The van der Waals surface area contributed by atoms with Crippen molar-refractivity contribution in [1.29, 1.82) is 0 Å². The van der Waals surface area contributed by atoms with Gasteiger partial charge in [0.2, 0.25) is 0 Å². The van der Waals surface area contributed by atoms with Gasteiger partial charge in [0.15, 0.2) is 11.6 Å². The highest BCUT2D eigenvalue weighted by Gasteiger charge is 2.33. The van der Waals surface area contributed by atoms with Crippen LogP contribution in [0.3, 0.4) is 0 Å². The molecular weight excluding hydrogens is 272 g/mol. The van der Waals surface area contributed by atoms with E-state index in [-0.39, 0.29) is 10.3 Å². The molecule has 0 radical (unpaired) electrons. The Morgan fingerprint density at radius 1 is 1.43 bits per heavy atom. The third kappa shape index (κ3) is 2.47. The molecule has 2 N–H and O–H groups in total. The van der Waals surface area contributed by atoms with Crippen molar-refractivity contribution in [3.05, 3.63) is 16.5 Å². The van der Waals surface area contributed by atoms with E-state index in [9.17, 15) is 17.6 Å². The zero-order valence-corrected chi connectivity index (χ0v) is 7.99. The molecule has 0 aliphatic heterocycles. The first-order chi connectivity index (χ1) is 6.31. The molecule has 0 aliphatic carbocycles. The van der Waals surface area contributed by atoms with Crippen LogP contribution in [0.25, 0.3) is 0 Å². The lowest BCUT2D eigenvalue weighted by atomic mass is 10.4. The molecule has 0 aromatic carbocycles. The van der Waals surface area contributed by atoms with Gasteiger partial charge in [-0.15, -0.1) is 13.2 Å². The summed E-state index contributed by atoms with van der Waals surface area (Å²) in [4.78, 5) is 3.29. The lowest BCUT2D eigenvalue weighted by Gasteiger charge is -2.10. The topological polar surface area (TPSA) is 48.1 Å². The number of aromatic nitrogens is 1. The summed E-state index contributed by atoms with van der Waals surface area (Å²) in [5, 5.41) is 0. The lowest BCUT2D eigenvalue weighted by Crippen LogP contribution is -2.18. The molecule has 0 amide bonds. The van der Waals surface area contributed by atoms with Crippen LogP contribution in [0.2, 0.25) is 0 Å². The molecule has 1 heterocycles. The van der Waals surface area contributed by atoms with Gasteiger partial charge in [-0.1, -0.05) is 0 Å². The number of ether oxygens (including phenoxy) is 1. The van der Waals surface area contributed by atoms with Crippen LogP contribution in [0.5, 0.6) is 5.75 Å². The van der Waals surface area contributed by atoms with Crippen molar-refractivity contribution >= 4 is 21.7 Å². The van der Waals surface area contributed by atoms with Crippen molar-refractivity contribution in [2.24, 2.45) is 0 Å². The predicted molar refractivity (Wildman–Crippen MR) is 43.0 cm³/mol. The first kappa shape index (κ1) is 11.0. The number of nitrogens with zero attached hydrogens (tertiary/aromatic N) is 1. The molecule has 1 aromatic rings. The van der Waals surface area contributed by atoms with Gasteiger partial charge in [-0.25, -0.2) is 9.37 Å². The van der Waals surface area contributed by atoms with Crippen molar-refractivity contribution in [2.75, 3.05) is 5.73 Å². The molecule has 8 heteroatoms. The Bertz CT molecular complexity index is 354. The van der Waals surface area contributed by atoms with Gasteiger partial charge >= 0.3 is 6.36 Å². The number of halogens is 5. The highest BCUT2D eigenvalue weighted by molar-refractivity contribution is 9.10. The fraction of sp³-hybridized carbons (Fsp3) is 0.167. The van der Waals surface area contributed by atoms with Crippen molar-refractivity contribution in [3.8, 4) is 5.75 Å². The largest absolute Gasteiger partial charge is 0.573 e. The quantitative estimate of drug-likeness (QED) is 0.801. The van der Waals surface area contributed by atoms with Crippen LogP contribution >= 0.6 is 15.9 Å². The maximum atomic E-state index is 13.0. The molecule has 0 saturated carbocycles. The van der Waals surface area contributed by atoms with E-state index in [4.69, 9.17) is 5.73 Å². The zero-order valence-electron chi connectivity index (χ0n) is 6.40. The van der Waals surface area contributed by atoms with Crippen molar-refractivity contribution < 1.29 is 22.3 Å². The number of alkyl halides is 3. The first-order valence-corrected chi connectivity index (χ1v) is 3.96. The Hall–Kier alpha value is -1.05. The van der Waals surface area contributed by atoms with E-state index in [0.717, 1.165) is 0 Å². The fourth-order valence-corrected chi connectivity index (χ4v) is 0.956. The van der Waals surface area contributed by atoms with Gasteiger partial charge in [-0.2, -0.15) is 0 Å². The zero-order chi connectivity index (χ0) is 10.9. The maximum absolute atomic E-state index is 13.0. The van der Waals surface area contributed by atoms with Gasteiger partial charge in [-0.3, -0.25) is 0 Å². The number of hydrogen-bond acceptors (Lipinski definition) is 3. The highest BCUT2D eigenvalue weighted by atomic mass is 79.9. The Morgan fingerprint density at radius 2 is 2.00 bits per heavy atom. The second-order valence-electron chi connectivity index (χ2n) is 2.18. The van der Waals surface area contributed by atoms with Gasteiger partial charge in [-0.05, 0) is 15.9 Å². The van der Waals surface area contributed by atoms with Crippen LogP contribution in [-0.4, -0.2) is 11.3 Å². The summed E-state index contributed by atoms with van der Waals surface area (Å²) in [6.45, 7) is 0. The number of nitrogen functional groups attached to an aromatic ring is 1. The first-order valence-electron chi connectivity index (χ1n) is 3.16. The van der Waals surface area contributed by atoms with E-state index in [0.29, 0.717) is 6.20 Å². The summed E-state index contributed by atoms with van der Waals surface area (Å²) in [6, 6.07) is 0. The highest BCUT2D eigenvalue weighted by Crippen LogP contribution is 2.31. The summed E-state index contributed by atoms with van der Waals surface area (Å²) >= 11 is 2.63. The standard InChI is InChI=1S/C6H3BrF4N2O/c7-3-4(8)2(1-13-5(3)12)14-6(9,10)11/h1H,(H2,12,13). The molecule has 1 aromatic heterocycles. The minimum Gasteiger partial charge on any atom is -0.401 e. The Labute approximate surface area is 84.0 Å². The number of nitrogens with two attached hydrogens (primary N) is 1. The molecule has 0 aliphatic rings. The van der Waals surface area contributed by atoms with Gasteiger partial charge < -0.3 is 10.5 Å². The van der Waals surface area contributed by atoms with Crippen molar-refractivity contribution in [1.82, 2.24) is 4.98 Å². The van der Waals surface area contributed by atoms with Crippen LogP contribution < -0.4 is 10.5 Å². The molecule has 1 rings (SSSR count). The van der Waals surface area contributed by atoms with Crippen LogP contribution in [0, 0.1) is 5.82 Å². The summed E-state index contributed by atoms with van der Waals surface area (Å²) < 4.78 is 51.1. The minimum atomic E-state index is -4.96. The average molecular weight is 275 g/mol. The summed E-state index contributed by atoms with van der Waals surface area (Å²) in [5.74, 6) is -2.52. The van der Waals surface area contributed by atoms with Gasteiger partial charge in [0, 0.05) is 0 Å². The molecule has 0 bridgehead atoms. The van der Waals surface area contributed by atoms with Crippen LogP contribution in [0.4, 0.5) is 23.4 Å². The van der Waals surface area contributed by atoms with Crippen molar-refractivity contribution in [2.45, 2.75) is 6.36 Å². The Balaban J connectivity index is 3.06. The summed E-state index contributed by atoms with van der Waals surface area (Å²) in [7, 11) is 0. The van der Waals surface area contributed by atoms with E-state index >= 15 is 0 Å². The van der Waals surface area contributed by atoms with E-state index < -0.39 is 17.9 Å². The summed E-state index contributed by atoms with van der Waals surface area (Å²) in [5.41, 5.74) is 5.12. The Morgan fingerprint density at radius 3 is 2.50 bits per heavy atom. The molecule has 14 heavy (non-hydrogen) atoms. The normalized spacial score (nSPS) is 11.5. The molecule has 0 atom stereocenters. The van der Waals surface area contributed by atoms with Crippen molar-refractivity contribution in [3.63, 3.8) is 0 Å². The smallest absolute Gasteiger partial charge is 0.401 e. The maximum Gasteiger partial charge on any atom is 0.573 e. The molecule has 0 unspecified atom stereocenters. The number of anilines is 1. The van der Waals surface area contributed by atoms with E-state index in [1.807, 2.05) is 0 Å². The molecule has 0 spiro atoms. The molecule has 0 fully saturated rings. The minimum absolute atomic E-state index is 0.253. The molecule has 3 nitrogen and oxygen atoms in total. The van der Waals surface area contributed by atoms with E-state index in [2.05, 4.69) is 25.7 Å². The third-order valence-corrected chi connectivity index (χ3v) is 1.93. The second kappa shape index (κ2) is 3.60. The monoisotopic (exact) mass is 274 g/mol. The van der Waals surface area contributed by atoms with Crippen LogP contribution in [0.15, 0.2) is 10.7 Å². The third-order valence-electron chi connectivity index (χ3n) is 1.18. The number of rotatable bonds is 1. The molecule has 0 saturated heterocycles. The average Bonchev–Trinajstić information content (AvgIpc) is 2.04. The number of hydrogen-bond donors (Lipinski definition) is 1. The van der Waals surface area contributed by atoms with E-state index in [1.165, 1.54) is 0 Å². The number of pyridine rings is 1. The Kier molecular flexibility index (Phi) is 2.84.